The number of para-hydroxylation sites is 1. The minimum Gasteiger partial charge on any atom is -0.318 e. The lowest BCUT2D eigenvalue weighted by Gasteiger charge is -2.21. The molecule has 21 heavy (non-hydrogen) atoms. The van der Waals surface area contributed by atoms with E-state index in [1.165, 1.54) is 41.1 Å². The topological polar surface area (TPSA) is 28.2 Å². The zero-order valence-electron chi connectivity index (χ0n) is 12.9. The van der Waals surface area contributed by atoms with Crippen LogP contribution in [0.1, 0.15) is 35.9 Å². The van der Waals surface area contributed by atoms with Crippen molar-refractivity contribution >= 4 is 22.2 Å². The molecule has 4 heteroatoms. The summed E-state index contributed by atoms with van der Waals surface area (Å²) in [5.74, 6) is 0. The Balaban J connectivity index is 1.99. The van der Waals surface area contributed by atoms with Gasteiger partial charge in [-0.15, -0.1) is 0 Å². The van der Waals surface area contributed by atoms with Gasteiger partial charge >= 0.3 is 0 Å². The Kier molecular flexibility index (Phi) is 4.56. The second-order valence-electron chi connectivity index (χ2n) is 5.49. The van der Waals surface area contributed by atoms with E-state index in [-0.39, 0.29) is 0 Å². The lowest BCUT2D eigenvalue weighted by atomic mass is 10.1. The van der Waals surface area contributed by atoms with Crippen molar-refractivity contribution in [3.05, 3.63) is 40.4 Å². The number of hydrogen-bond acceptors (Lipinski definition) is 4. The first-order valence-electron chi connectivity index (χ1n) is 7.82. The molecule has 0 radical (unpaired) electrons. The lowest BCUT2D eigenvalue weighted by Crippen LogP contribution is -2.17. The van der Waals surface area contributed by atoms with E-state index in [4.69, 9.17) is 4.98 Å². The Morgan fingerprint density at radius 1 is 1.29 bits per heavy atom. The standard InChI is InChI=1S/C17H23N3S/c1-3-14-16(12-18-2)21-17(19-14)20-11-7-6-9-13-8-4-5-10-15(13)20/h4-5,8,10,18H,3,6-7,9,11-12H2,1-2H3. The van der Waals surface area contributed by atoms with E-state index in [0.717, 1.165) is 24.6 Å². The molecule has 0 aliphatic carbocycles. The van der Waals surface area contributed by atoms with Crippen LogP contribution in [-0.4, -0.2) is 18.6 Å². The Morgan fingerprint density at radius 3 is 2.95 bits per heavy atom. The summed E-state index contributed by atoms with van der Waals surface area (Å²) in [6, 6.07) is 8.79. The van der Waals surface area contributed by atoms with Gasteiger partial charge in [0.1, 0.15) is 0 Å². The highest BCUT2D eigenvalue weighted by Crippen LogP contribution is 2.36. The van der Waals surface area contributed by atoms with Gasteiger partial charge in [-0.05, 0) is 44.4 Å². The van der Waals surface area contributed by atoms with Crippen LogP contribution in [0.25, 0.3) is 0 Å². The van der Waals surface area contributed by atoms with Gasteiger partial charge in [-0.2, -0.15) is 0 Å². The van der Waals surface area contributed by atoms with Crippen LogP contribution in [0.15, 0.2) is 24.3 Å². The third-order valence-electron chi connectivity index (χ3n) is 4.03. The Labute approximate surface area is 131 Å². The number of hydrogen-bond donors (Lipinski definition) is 1. The summed E-state index contributed by atoms with van der Waals surface area (Å²) in [5, 5.41) is 4.42. The first-order valence-corrected chi connectivity index (χ1v) is 8.63. The van der Waals surface area contributed by atoms with Gasteiger partial charge in [0.25, 0.3) is 0 Å². The molecule has 0 bridgehead atoms. The smallest absolute Gasteiger partial charge is 0.190 e. The Hall–Kier alpha value is -1.39. The molecule has 0 fully saturated rings. The van der Waals surface area contributed by atoms with Crippen molar-refractivity contribution in [1.82, 2.24) is 10.3 Å². The molecule has 0 saturated carbocycles. The van der Waals surface area contributed by atoms with Crippen molar-refractivity contribution in [3.63, 3.8) is 0 Å². The molecule has 0 unspecified atom stereocenters. The minimum absolute atomic E-state index is 0.913. The number of aryl methyl sites for hydroxylation is 2. The molecule has 0 spiro atoms. The van der Waals surface area contributed by atoms with Gasteiger partial charge in [0.15, 0.2) is 5.13 Å². The number of aromatic nitrogens is 1. The SMILES string of the molecule is CCc1nc(N2CCCCc3ccccc32)sc1CNC. The van der Waals surface area contributed by atoms with Crippen LogP contribution >= 0.6 is 11.3 Å². The van der Waals surface area contributed by atoms with Crippen molar-refractivity contribution in [3.8, 4) is 0 Å². The van der Waals surface area contributed by atoms with Crippen LogP contribution in [-0.2, 0) is 19.4 Å². The zero-order chi connectivity index (χ0) is 14.7. The monoisotopic (exact) mass is 301 g/mol. The van der Waals surface area contributed by atoms with Crippen molar-refractivity contribution in [2.24, 2.45) is 0 Å². The van der Waals surface area contributed by atoms with Crippen LogP contribution in [0, 0.1) is 0 Å². The van der Waals surface area contributed by atoms with E-state index in [1.54, 1.807) is 0 Å². The van der Waals surface area contributed by atoms with Crippen molar-refractivity contribution in [1.29, 1.82) is 0 Å². The molecule has 1 aromatic carbocycles. The van der Waals surface area contributed by atoms with Crippen molar-refractivity contribution in [2.75, 3.05) is 18.5 Å². The molecule has 1 N–H and O–H groups in total. The maximum Gasteiger partial charge on any atom is 0.190 e. The largest absolute Gasteiger partial charge is 0.318 e. The van der Waals surface area contributed by atoms with E-state index in [1.807, 2.05) is 18.4 Å². The number of nitrogens with zero attached hydrogens (tertiary/aromatic N) is 2. The highest BCUT2D eigenvalue weighted by atomic mass is 32.1. The molecule has 0 amide bonds. The molecule has 3 rings (SSSR count). The number of nitrogens with one attached hydrogen (secondary N) is 1. The molecule has 1 aliphatic rings. The van der Waals surface area contributed by atoms with Crippen LogP contribution in [0.3, 0.4) is 0 Å². The maximum atomic E-state index is 4.92. The quantitative estimate of drug-likeness (QED) is 0.928. The van der Waals surface area contributed by atoms with Gasteiger partial charge in [0.2, 0.25) is 0 Å². The molecule has 3 nitrogen and oxygen atoms in total. The fraction of sp³-hybridized carbons (Fsp3) is 0.471. The van der Waals surface area contributed by atoms with Crippen LogP contribution in [0.4, 0.5) is 10.8 Å². The summed E-state index contributed by atoms with van der Waals surface area (Å²) in [6.07, 6.45) is 4.69. The summed E-state index contributed by atoms with van der Waals surface area (Å²) in [7, 11) is 2.00. The summed E-state index contributed by atoms with van der Waals surface area (Å²) in [5.41, 5.74) is 4.05. The average molecular weight is 301 g/mol. The van der Waals surface area contributed by atoms with Crippen molar-refractivity contribution < 1.29 is 0 Å². The lowest BCUT2D eigenvalue weighted by molar-refractivity contribution is 0.759. The number of benzene rings is 1. The molecule has 2 heterocycles. The highest BCUT2D eigenvalue weighted by molar-refractivity contribution is 7.15. The predicted molar refractivity (Wildman–Crippen MR) is 90.6 cm³/mol. The number of anilines is 2. The Bertz CT molecular complexity index is 606. The number of fused-ring (bicyclic) bond motifs is 1. The minimum atomic E-state index is 0.913. The molecule has 2 aromatic rings. The molecule has 1 aromatic heterocycles. The fourth-order valence-electron chi connectivity index (χ4n) is 2.95. The molecule has 0 atom stereocenters. The number of rotatable bonds is 4. The predicted octanol–water partition coefficient (Wildman–Crippen LogP) is 3.90. The molecular formula is C17H23N3S. The summed E-state index contributed by atoms with van der Waals surface area (Å²) < 4.78 is 0. The van der Waals surface area contributed by atoms with E-state index in [2.05, 4.69) is 41.4 Å². The van der Waals surface area contributed by atoms with Gasteiger partial charge in [0.05, 0.1) is 5.69 Å². The molecule has 0 saturated heterocycles. The molecular weight excluding hydrogens is 278 g/mol. The van der Waals surface area contributed by atoms with Gasteiger partial charge in [-0.3, -0.25) is 0 Å². The first-order chi connectivity index (χ1) is 10.3. The van der Waals surface area contributed by atoms with Crippen LogP contribution in [0.2, 0.25) is 0 Å². The van der Waals surface area contributed by atoms with Crippen molar-refractivity contribution in [2.45, 2.75) is 39.2 Å². The van der Waals surface area contributed by atoms with Crippen LogP contribution < -0.4 is 10.2 Å². The average Bonchev–Trinajstić information content (AvgIpc) is 2.78. The summed E-state index contributed by atoms with van der Waals surface area (Å²) in [4.78, 5) is 8.71. The Morgan fingerprint density at radius 2 is 2.14 bits per heavy atom. The maximum absolute atomic E-state index is 4.92. The second kappa shape index (κ2) is 6.58. The van der Waals surface area contributed by atoms with Gasteiger partial charge < -0.3 is 10.2 Å². The third kappa shape index (κ3) is 2.97. The second-order valence-corrected chi connectivity index (χ2v) is 6.55. The molecule has 112 valence electrons. The normalized spacial score (nSPS) is 14.9. The third-order valence-corrected chi connectivity index (χ3v) is 5.15. The number of thiazole rings is 1. The van der Waals surface area contributed by atoms with Crippen LogP contribution in [0.5, 0.6) is 0 Å². The highest BCUT2D eigenvalue weighted by Gasteiger charge is 2.20. The van der Waals surface area contributed by atoms with Gasteiger partial charge in [-0.25, -0.2) is 4.98 Å². The fourth-order valence-corrected chi connectivity index (χ4v) is 4.15. The van der Waals surface area contributed by atoms with Gasteiger partial charge in [-0.1, -0.05) is 36.5 Å². The van der Waals surface area contributed by atoms with Gasteiger partial charge in [0, 0.05) is 23.7 Å². The molecule has 1 aliphatic heterocycles. The first kappa shape index (κ1) is 14.5. The van der Waals surface area contributed by atoms with E-state index >= 15 is 0 Å². The summed E-state index contributed by atoms with van der Waals surface area (Å²) >= 11 is 1.84. The summed E-state index contributed by atoms with van der Waals surface area (Å²) in [6.45, 7) is 4.18. The van der Waals surface area contributed by atoms with E-state index < -0.39 is 0 Å². The van der Waals surface area contributed by atoms with E-state index in [0.29, 0.717) is 0 Å². The van der Waals surface area contributed by atoms with E-state index in [9.17, 15) is 0 Å². The zero-order valence-corrected chi connectivity index (χ0v) is 13.7.